The first-order chi connectivity index (χ1) is 8.47. The van der Waals surface area contributed by atoms with Crippen molar-refractivity contribution < 1.29 is 4.79 Å². The molecular formula is C10H14N6OS. The monoisotopic (exact) mass is 266 g/mol. The molecule has 2 aromatic heterocycles. The first-order valence-corrected chi connectivity index (χ1v) is 6.23. The Hall–Kier alpha value is -1.80. The van der Waals surface area contributed by atoms with E-state index in [2.05, 4.69) is 20.8 Å². The molecular weight excluding hydrogens is 252 g/mol. The minimum Gasteiger partial charge on any atom is -0.349 e. The average molecular weight is 266 g/mol. The quantitative estimate of drug-likeness (QED) is 0.823. The van der Waals surface area contributed by atoms with Gasteiger partial charge in [0.2, 0.25) is 0 Å². The number of hydrogen-bond acceptors (Lipinski definition) is 6. The van der Waals surface area contributed by atoms with Crippen molar-refractivity contribution in [2.24, 2.45) is 5.73 Å². The van der Waals surface area contributed by atoms with Gasteiger partial charge in [0.15, 0.2) is 0 Å². The lowest BCUT2D eigenvalue weighted by Crippen LogP contribution is -2.45. The van der Waals surface area contributed by atoms with Gasteiger partial charge in [-0.25, -0.2) is 0 Å². The van der Waals surface area contributed by atoms with Gasteiger partial charge in [0.25, 0.3) is 5.91 Å². The summed E-state index contributed by atoms with van der Waals surface area (Å²) in [6, 6.07) is 1.80. The number of nitrogens with one attached hydrogen (secondary N) is 1. The van der Waals surface area contributed by atoms with E-state index in [0.717, 1.165) is 0 Å². The smallest absolute Gasteiger partial charge is 0.263 e. The first kappa shape index (κ1) is 12.7. The van der Waals surface area contributed by atoms with Gasteiger partial charge in [-0.05, 0) is 35.7 Å². The summed E-state index contributed by atoms with van der Waals surface area (Å²) >= 11 is 1.34. The van der Waals surface area contributed by atoms with E-state index in [-0.39, 0.29) is 5.91 Å². The summed E-state index contributed by atoms with van der Waals surface area (Å²) in [7, 11) is 0. The summed E-state index contributed by atoms with van der Waals surface area (Å²) in [6.07, 6.45) is 1.45. The summed E-state index contributed by atoms with van der Waals surface area (Å²) in [5, 5.41) is 15.5. The van der Waals surface area contributed by atoms with Crippen LogP contribution in [0, 0.1) is 0 Å². The molecule has 2 heterocycles. The van der Waals surface area contributed by atoms with Gasteiger partial charge in [0, 0.05) is 12.1 Å². The number of carbonyl (C=O) groups excluding carboxylic acids is 1. The van der Waals surface area contributed by atoms with E-state index < -0.39 is 5.54 Å². The van der Waals surface area contributed by atoms with Crippen LogP contribution in [0.25, 0.3) is 5.69 Å². The van der Waals surface area contributed by atoms with Crippen molar-refractivity contribution in [1.29, 1.82) is 0 Å². The Morgan fingerprint density at radius 3 is 3.00 bits per heavy atom. The maximum absolute atomic E-state index is 12.0. The SMILES string of the molecule is CC(C)(N)CNC(=O)c1sccc1-n1cnnn1. The van der Waals surface area contributed by atoms with Crippen molar-refractivity contribution >= 4 is 17.2 Å². The normalized spacial score (nSPS) is 11.5. The number of thiophene rings is 1. The van der Waals surface area contributed by atoms with Crippen LogP contribution in [0.15, 0.2) is 17.8 Å². The molecule has 18 heavy (non-hydrogen) atoms. The van der Waals surface area contributed by atoms with E-state index in [1.165, 1.54) is 22.3 Å². The van der Waals surface area contributed by atoms with Crippen molar-refractivity contribution in [1.82, 2.24) is 25.5 Å². The Kier molecular flexibility index (Phi) is 3.39. The molecule has 0 unspecified atom stereocenters. The maximum Gasteiger partial charge on any atom is 0.263 e. The molecule has 0 bridgehead atoms. The Labute approximate surface area is 108 Å². The second kappa shape index (κ2) is 4.83. The lowest BCUT2D eigenvalue weighted by Gasteiger charge is -2.18. The van der Waals surface area contributed by atoms with E-state index in [1.807, 2.05) is 19.2 Å². The standard InChI is InChI=1S/C10H14N6OS/c1-10(2,11)5-12-9(17)8-7(3-4-18-8)16-6-13-14-15-16/h3-4,6H,5,11H2,1-2H3,(H,12,17). The predicted octanol–water partition coefficient (Wildman–Crippen LogP) is 0.191. The highest BCUT2D eigenvalue weighted by Crippen LogP contribution is 2.19. The van der Waals surface area contributed by atoms with Crippen LogP contribution in [0.2, 0.25) is 0 Å². The molecule has 0 aliphatic carbocycles. The second-order valence-electron chi connectivity index (χ2n) is 4.56. The zero-order valence-electron chi connectivity index (χ0n) is 10.1. The molecule has 0 spiro atoms. The Bertz CT molecular complexity index is 527. The molecule has 7 nitrogen and oxygen atoms in total. The van der Waals surface area contributed by atoms with Crippen molar-refractivity contribution in [3.05, 3.63) is 22.7 Å². The van der Waals surface area contributed by atoms with Gasteiger partial charge in [0.1, 0.15) is 11.2 Å². The van der Waals surface area contributed by atoms with Crippen molar-refractivity contribution in [3.63, 3.8) is 0 Å². The van der Waals surface area contributed by atoms with Crippen LogP contribution in [-0.4, -0.2) is 38.2 Å². The molecule has 0 atom stereocenters. The lowest BCUT2D eigenvalue weighted by atomic mass is 10.1. The van der Waals surface area contributed by atoms with E-state index in [9.17, 15) is 4.79 Å². The van der Waals surface area contributed by atoms with Gasteiger partial charge < -0.3 is 11.1 Å². The molecule has 2 aromatic rings. The number of nitrogens with two attached hydrogens (primary N) is 1. The number of nitrogens with zero attached hydrogens (tertiary/aromatic N) is 4. The first-order valence-electron chi connectivity index (χ1n) is 5.35. The molecule has 0 fully saturated rings. The van der Waals surface area contributed by atoms with Crippen LogP contribution in [-0.2, 0) is 0 Å². The average Bonchev–Trinajstić information content (AvgIpc) is 2.94. The number of aromatic nitrogens is 4. The van der Waals surface area contributed by atoms with Gasteiger partial charge in [-0.2, -0.15) is 4.68 Å². The molecule has 8 heteroatoms. The van der Waals surface area contributed by atoms with Crippen LogP contribution >= 0.6 is 11.3 Å². The van der Waals surface area contributed by atoms with Crippen LogP contribution in [0.3, 0.4) is 0 Å². The molecule has 0 saturated heterocycles. The van der Waals surface area contributed by atoms with E-state index in [1.54, 1.807) is 6.07 Å². The zero-order chi connectivity index (χ0) is 13.2. The van der Waals surface area contributed by atoms with E-state index in [0.29, 0.717) is 17.1 Å². The minimum absolute atomic E-state index is 0.172. The van der Waals surface area contributed by atoms with E-state index in [4.69, 9.17) is 5.73 Å². The van der Waals surface area contributed by atoms with Gasteiger partial charge >= 0.3 is 0 Å². The van der Waals surface area contributed by atoms with Gasteiger partial charge in [-0.15, -0.1) is 16.4 Å². The van der Waals surface area contributed by atoms with Gasteiger partial charge in [0.05, 0.1) is 5.69 Å². The molecule has 0 radical (unpaired) electrons. The fourth-order valence-electron chi connectivity index (χ4n) is 1.31. The van der Waals surface area contributed by atoms with Crippen molar-refractivity contribution in [2.45, 2.75) is 19.4 Å². The molecule has 0 saturated carbocycles. The summed E-state index contributed by atoms with van der Waals surface area (Å²) in [5.41, 5.74) is 6.04. The van der Waals surface area contributed by atoms with Crippen molar-refractivity contribution in [2.75, 3.05) is 6.54 Å². The van der Waals surface area contributed by atoms with Gasteiger partial charge in [-0.1, -0.05) is 0 Å². The largest absolute Gasteiger partial charge is 0.349 e. The van der Waals surface area contributed by atoms with Crippen LogP contribution < -0.4 is 11.1 Å². The third kappa shape index (κ3) is 2.90. The summed E-state index contributed by atoms with van der Waals surface area (Å²) in [6.45, 7) is 4.10. The topological polar surface area (TPSA) is 98.7 Å². The Morgan fingerprint density at radius 1 is 1.61 bits per heavy atom. The highest BCUT2D eigenvalue weighted by molar-refractivity contribution is 7.12. The number of rotatable bonds is 4. The minimum atomic E-state index is -0.443. The van der Waals surface area contributed by atoms with Gasteiger partial charge in [-0.3, -0.25) is 4.79 Å². The van der Waals surface area contributed by atoms with Crippen LogP contribution in [0.5, 0.6) is 0 Å². The van der Waals surface area contributed by atoms with E-state index >= 15 is 0 Å². The highest BCUT2D eigenvalue weighted by Gasteiger charge is 2.18. The second-order valence-corrected chi connectivity index (χ2v) is 5.48. The molecule has 0 aliphatic heterocycles. The van der Waals surface area contributed by atoms with Crippen LogP contribution in [0.4, 0.5) is 0 Å². The molecule has 0 aromatic carbocycles. The lowest BCUT2D eigenvalue weighted by molar-refractivity contribution is 0.0950. The summed E-state index contributed by atoms with van der Waals surface area (Å²) in [4.78, 5) is 12.6. The molecule has 1 amide bonds. The molecule has 2 rings (SSSR count). The molecule has 96 valence electrons. The zero-order valence-corrected chi connectivity index (χ0v) is 10.9. The highest BCUT2D eigenvalue weighted by atomic mass is 32.1. The fourth-order valence-corrected chi connectivity index (χ4v) is 2.11. The third-order valence-corrected chi connectivity index (χ3v) is 3.05. The molecule has 3 N–H and O–H groups in total. The number of amides is 1. The van der Waals surface area contributed by atoms with Crippen molar-refractivity contribution in [3.8, 4) is 5.69 Å². The Morgan fingerprint density at radius 2 is 2.39 bits per heavy atom. The summed E-state index contributed by atoms with van der Waals surface area (Å²) in [5.74, 6) is -0.172. The maximum atomic E-state index is 12.0. The summed E-state index contributed by atoms with van der Waals surface area (Å²) < 4.78 is 1.46. The Balaban J connectivity index is 2.15. The third-order valence-electron chi connectivity index (χ3n) is 2.15. The number of hydrogen-bond donors (Lipinski definition) is 2. The predicted molar refractivity (Wildman–Crippen MR) is 67.6 cm³/mol. The fraction of sp³-hybridized carbons (Fsp3) is 0.400. The molecule has 0 aliphatic rings. The number of carbonyl (C=O) groups is 1. The van der Waals surface area contributed by atoms with Crippen LogP contribution in [0.1, 0.15) is 23.5 Å². The number of tetrazole rings is 1.